The number of ether oxygens (including phenoxy) is 2. The molecule has 15 heteroatoms. The van der Waals surface area contributed by atoms with Gasteiger partial charge >= 0.3 is 0 Å². The third-order valence-corrected chi connectivity index (χ3v) is 7.63. The van der Waals surface area contributed by atoms with E-state index in [0.29, 0.717) is 63.3 Å². The number of benzene rings is 2. The molecule has 5 rings (SSSR count). The van der Waals surface area contributed by atoms with Gasteiger partial charge in [0.25, 0.3) is 0 Å². The molecule has 224 valence electrons. The number of nitrogens with zero attached hydrogens (tertiary/aromatic N) is 6. The highest BCUT2D eigenvalue weighted by atomic mass is 79.9. The molecule has 0 aliphatic carbocycles. The fourth-order valence-electron chi connectivity index (χ4n) is 4.62. The van der Waals surface area contributed by atoms with Gasteiger partial charge in [-0.3, -0.25) is 15.0 Å². The first-order valence-corrected chi connectivity index (χ1v) is 15.6. The molecule has 13 nitrogen and oxygen atoms in total. The molecule has 4 aromatic rings. The number of rotatable bonds is 10. The van der Waals surface area contributed by atoms with E-state index in [9.17, 15) is 4.55 Å². The Morgan fingerprint density at radius 1 is 1.16 bits per heavy atom. The van der Waals surface area contributed by atoms with Crippen LogP contribution in [0.15, 0.2) is 58.5 Å². The Hall–Kier alpha value is -4.18. The van der Waals surface area contributed by atoms with Gasteiger partial charge in [0.15, 0.2) is 0 Å². The average Bonchev–Trinajstić information content (AvgIpc) is 3.02. The van der Waals surface area contributed by atoms with Gasteiger partial charge in [-0.05, 0) is 34.1 Å². The summed E-state index contributed by atoms with van der Waals surface area (Å²) in [6, 6.07) is 7.56. The van der Waals surface area contributed by atoms with Crippen molar-refractivity contribution < 1.29 is 14.0 Å². The number of aromatic nitrogens is 4. The molecule has 1 saturated heterocycles. The van der Waals surface area contributed by atoms with Crippen molar-refractivity contribution in [1.29, 1.82) is 0 Å². The Balaban J connectivity index is 1.52. The molecule has 2 aromatic heterocycles. The minimum absolute atomic E-state index is 0.311. The van der Waals surface area contributed by atoms with Crippen molar-refractivity contribution in [1.82, 2.24) is 19.9 Å². The molecule has 1 aliphatic rings. The summed E-state index contributed by atoms with van der Waals surface area (Å²) in [5, 5.41) is 6.60. The second-order valence-electron chi connectivity index (χ2n) is 9.29. The summed E-state index contributed by atoms with van der Waals surface area (Å²) in [4.78, 5) is 24.4. The maximum Gasteiger partial charge on any atom is 0.229 e. The van der Waals surface area contributed by atoms with Gasteiger partial charge in [-0.2, -0.15) is 4.98 Å². The fraction of sp³-hybridized carbons (Fsp3) is 0.250. The van der Waals surface area contributed by atoms with E-state index < -0.39 is 11.4 Å². The van der Waals surface area contributed by atoms with Gasteiger partial charge in [0.1, 0.15) is 29.0 Å². The van der Waals surface area contributed by atoms with Gasteiger partial charge in [-0.15, -0.1) is 0 Å². The third-order valence-electron chi connectivity index (χ3n) is 6.56. The Labute approximate surface area is 260 Å². The average molecular weight is 668 g/mol. The predicted molar refractivity (Wildman–Crippen MR) is 176 cm³/mol. The molecule has 43 heavy (non-hydrogen) atoms. The van der Waals surface area contributed by atoms with E-state index in [1.54, 1.807) is 45.2 Å². The molecular formula is C28H31BrN10O3S. The molecule has 0 spiro atoms. The van der Waals surface area contributed by atoms with E-state index in [0.717, 1.165) is 29.9 Å². The minimum Gasteiger partial charge on any atom is -0.593 e. The highest BCUT2D eigenvalue weighted by Gasteiger charge is 2.21. The largest absolute Gasteiger partial charge is 0.593 e. The number of allylic oxidation sites excluding steroid dienone is 1. The Kier molecular flexibility index (Phi) is 9.76. The summed E-state index contributed by atoms with van der Waals surface area (Å²) in [6.07, 6.45) is 9.62. The van der Waals surface area contributed by atoms with Crippen LogP contribution in [0.2, 0.25) is 0 Å². The number of nitrogens with two attached hydrogens (primary N) is 1. The van der Waals surface area contributed by atoms with E-state index in [1.807, 2.05) is 24.3 Å². The van der Waals surface area contributed by atoms with E-state index >= 15 is 0 Å². The van der Waals surface area contributed by atoms with Crippen LogP contribution in [-0.2, 0) is 16.1 Å². The monoisotopic (exact) mass is 666 g/mol. The van der Waals surface area contributed by atoms with E-state index in [4.69, 9.17) is 20.2 Å². The summed E-state index contributed by atoms with van der Waals surface area (Å²) < 4.78 is 27.1. The Bertz CT molecular complexity index is 1660. The molecule has 1 fully saturated rings. The van der Waals surface area contributed by atoms with Gasteiger partial charge in [-0.1, -0.05) is 0 Å². The molecule has 0 bridgehead atoms. The topological polar surface area (TPSA) is 171 Å². The Morgan fingerprint density at radius 3 is 2.67 bits per heavy atom. The van der Waals surface area contributed by atoms with Crippen LogP contribution >= 0.6 is 15.9 Å². The van der Waals surface area contributed by atoms with Crippen LogP contribution in [0.25, 0.3) is 16.6 Å². The molecule has 5 N–H and O–H groups in total. The van der Waals surface area contributed by atoms with Crippen molar-refractivity contribution >= 4 is 84.6 Å². The van der Waals surface area contributed by atoms with E-state index in [1.165, 1.54) is 6.20 Å². The zero-order chi connectivity index (χ0) is 30.3. The number of hydrogen-bond acceptors (Lipinski definition) is 13. The van der Waals surface area contributed by atoms with E-state index in [2.05, 4.69) is 56.1 Å². The zero-order valence-corrected chi connectivity index (χ0v) is 26.2. The predicted octanol–water partition coefficient (Wildman–Crippen LogP) is 4.22. The maximum absolute atomic E-state index is 12.1. The van der Waals surface area contributed by atoms with Crippen LogP contribution in [0.1, 0.15) is 5.56 Å². The molecule has 1 unspecified atom stereocenters. The number of aliphatic imine (C=N–C) groups is 1. The summed E-state index contributed by atoms with van der Waals surface area (Å²) in [7, 11) is 3.31. The SMILES string of the molecule is CN=CC(=CN)c1cc(Nc2ncc(Br)c(Nc3ccc4nccnc4c3N[S+](C)[O-])n2)c(OC)cc1N1CCOCC1. The number of nitrogens with one attached hydrogen (secondary N) is 3. The van der Waals surface area contributed by atoms with Gasteiger partial charge < -0.3 is 35.3 Å². The summed E-state index contributed by atoms with van der Waals surface area (Å²) in [5.41, 5.74) is 11.6. The van der Waals surface area contributed by atoms with Crippen molar-refractivity contribution in [2.24, 2.45) is 10.7 Å². The number of hydrogen-bond donors (Lipinski definition) is 4. The lowest BCUT2D eigenvalue weighted by Crippen LogP contribution is -2.36. The molecule has 0 amide bonds. The van der Waals surface area contributed by atoms with E-state index in [-0.39, 0.29) is 0 Å². The first-order valence-electron chi connectivity index (χ1n) is 13.2. The minimum atomic E-state index is -1.36. The first kappa shape index (κ1) is 30.3. The molecule has 1 aliphatic heterocycles. The summed E-state index contributed by atoms with van der Waals surface area (Å²) in [6.45, 7) is 2.72. The molecule has 2 aromatic carbocycles. The number of fused-ring (bicyclic) bond motifs is 1. The first-order chi connectivity index (χ1) is 20.9. The lowest BCUT2D eigenvalue weighted by molar-refractivity contribution is 0.122. The van der Waals surface area contributed by atoms with Gasteiger partial charge in [0, 0.05) is 74.0 Å². The second-order valence-corrected chi connectivity index (χ2v) is 11.3. The van der Waals surface area contributed by atoms with Crippen LogP contribution in [-0.4, -0.2) is 77.4 Å². The van der Waals surface area contributed by atoms with Crippen molar-refractivity contribution in [3.8, 4) is 5.75 Å². The smallest absolute Gasteiger partial charge is 0.229 e. The van der Waals surface area contributed by atoms with Crippen LogP contribution in [0.4, 0.5) is 34.5 Å². The molecule has 3 heterocycles. The van der Waals surface area contributed by atoms with Crippen LogP contribution in [0.3, 0.4) is 0 Å². The summed E-state index contributed by atoms with van der Waals surface area (Å²) in [5.74, 6) is 1.38. The van der Waals surface area contributed by atoms with Crippen LogP contribution in [0.5, 0.6) is 5.75 Å². The number of methoxy groups -OCH3 is 1. The fourth-order valence-corrected chi connectivity index (χ4v) is 5.41. The van der Waals surface area contributed by atoms with Crippen molar-refractivity contribution in [2.75, 3.05) is 67.0 Å². The molecule has 0 saturated carbocycles. The standard InChI is InChI=1S/C28H31BrN10O3S/c1-31-15-17(14-30)18-12-22(24(41-2)13-23(18)39-8-10-42-11-9-39)36-28-34-16-19(29)27(37-28)35-21-5-4-20-25(33-7-6-32-20)26(21)38-43(3)40/h4-7,12-16,38H,8-11,30H2,1-3H3,(H2,34,35,36,37). The number of halogens is 1. The lowest BCUT2D eigenvalue weighted by Gasteiger charge is -2.31. The normalized spacial score (nSPS) is 14.6. The highest BCUT2D eigenvalue weighted by molar-refractivity contribution is 9.10. The van der Waals surface area contributed by atoms with Crippen molar-refractivity contribution in [2.45, 2.75) is 0 Å². The van der Waals surface area contributed by atoms with Gasteiger partial charge in [-0.25, -0.2) is 9.71 Å². The molecule has 1 atom stereocenters. The summed E-state index contributed by atoms with van der Waals surface area (Å²) >= 11 is 2.18. The lowest BCUT2D eigenvalue weighted by atomic mass is 10.0. The number of morpholine rings is 1. The maximum atomic E-state index is 12.1. The molecular weight excluding hydrogens is 636 g/mol. The van der Waals surface area contributed by atoms with Crippen molar-refractivity contribution in [3.63, 3.8) is 0 Å². The highest BCUT2D eigenvalue weighted by Crippen LogP contribution is 2.39. The third kappa shape index (κ3) is 6.91. The number of anilines is 6. The Morgan fingerprint density at radius 2 is 1.95 bits per heavy atom. The van der Waals surface area contributed by atoms with Crippen LogP contribution < -0.4 is 30.7 Å². The van der Waals surface area contributed by atoms with Gasteiger partial charge in [0.2, 0.25) is 5.95 Å². The van der Waals surface area contributed by atoms with Crippen molar-refractivity contribution in [3.05, 3.63) is 59.1 Å². The molecule has 0 radical (unpaired) electrons. The van der Waals surface area contributed by atoms with Gasteiger partial charge in [0.05, 0.1) is 53.0 Å². The quantitative estimate of drug-likeness (QED) is 0.141. The van der Waals surface area contributed by atoms with Crippen LogP contribution in [0, 0.1) is 0 Å². The second kappa shape index (κ2) is 13.9. The zero-order valence-electron chi connectivity index (χ0n) is 23.8.